The van der Waals surface area contributed by atoms with Gasteiger partial charge in [-0.3, -0.25) is 4.79 Å². The summed E-state index contributed by atoms with van der Waals surface area (Å²) in [6.07, 6.45) is 3.37. The van der Waals surface area contributed by atoms with Crippen LogP contribution in [-0.2, 0) is 11.2 Å². The number of thioether (sulfide) groups is 1. The molecule has 2 N–H and O–H groups in total. The highest BCUT2D eigenvalue weighted by molar-refractivity contribution is 7.98. The number of aliphatic hydroxyl groups excluding tert-OH is 1. The first-order valence-corrected chi connectivity index (χ1v) is 8.42. The lowest BCUT2D eigenvalue weighted by Gasteiger charge is -2.19. The fourth-order valence-corrected chi connectivity index (χ4v) is 2.72. The third-order valence-electron chi connectivity index (χ3n) is 3.30. The number of hydrogen-bond donors (Lipinski definition) is 2. The number of benzene rings is 1. The Morgan fingerprint density at radius 1 is 1.35 bits per heavy atom. The van der Waals surface area contributed by atoms with Crippen LogP contribution in [0.15, 0.2) is 24.3 Å². The molecule has 0 heterocycles. The van der Waals surface area contributed by atoms with E-state index in [1.807, 2.05) is 13.2 Å². The average molecular weight is 295 g/mol. The molecule has 0 aromatic heterocycles. The third kappa shape index (κ3) is 5.97. The normalized spacial score (nSPS) is 13.8. The minimum Gasteiger partial charge on any atom is -0.396 e. The van der Waals surface area contributed by atoms with Crippen LogP contribution in [0.5, 0.6) is 0 Å². The van der Waals surface area contributed by atoms with Crippen LogP contribution < -0.4 is 5.32 Å². The van der Waals surface area contributed by atoms with Gasteiger partial charge in [0.1, 0.15) is 0 Å². The van der Waals surface area contributed by atoms with Crippen molar-refractivity contribution >= 4 is 17.7 Å². The number of carbonyl (C=O) groups excluding carboxylic acids is 1. The van der Waals surface area contributed by atoms with Crippen molar-refractivity contribution < 1.29 is 9.90 Å². The van der Waals surface area contributed by atoms with Crippen molar-refractivity contribution in [2.75, 3.05) is 18.6 Å². The van der Waals surface area contributed by atoms with Gasteiger partial charge in [-0.25, -0.2) is 0 Å². The fourth-order valence-electron chi connectivity index (χ4n) is 2.07. The number of nitrogens with one attached hydrogen (secondary N) is 1. The third-order valence-corrected chi connectivity index (χ3v) is 4.04. The van der Waals surface area contributed by atoms with Gasteiger partial charge in [-0.2, -0.15) is 11.8 Å². The summed E-state index contributed by atoms with van der Waals surface area (Å²) in [6, 6.07) is 8.35. The van der Waals surface area contributed by atoms with E-state index in [4.69, 9.17) is 5.11 Å². The molecule has 0 saturated carbocycles. The highest BCUT2D eigenvalue weighted by Crippen LogP contribution is 2.11. The first-order chi connectivity index (χ1) is 9.56. The Bertz CT molecular complexity index is 399. The molecular weight excluding hydrogens is 270 g/mol. The first-order valence-electron chi connectivity index (χ1n) is 7.02. The van der Waals surface area contributed by atoms with Gasteiger partial charge in [-0.1, -0.05) is 36.8 Å². The molecule has 4 heteroatoms. The molecule has 0 spiro atoms. The summed E-state index contributed by atoms with van der Waals surface area (Å²) >= 11 is 1.68. The lowest BCUT2D eigenvalue weighted by Crippen LogP contribution is -2.40. The first kappa shape index (κ1) is 17.1. The molecule has 112 valence electrons. The molecule has 0 fully saturated rings. The van der Waals surface area contributed by atoms with Crippen LogP contribution in [0.25, 0.3) is 0 Å². The molecular formula is C16H25NO2S. The maximum Gasteiger partial charge on any atom is 0.223 e. The Hall–Kier alpha value is -1.00. The Morgan fingerprint density at radius 3 is 2.55 bits per heavy atom. The van der Waals surface area contributed by atoms with Gasteiger partial charge in [-0.15, -0.1) is 0 Å². The molecule has 2 unspecified atom stereocenters. The van der Waals surface area contributed by atoms with Crippen molar-refractivity contribution in [3.05, 3.63) is 35.4 Å². The Kier molecular flexibility index (Phi) is 7.70. The molecule has 0 aliphatic carbocycles. The van der Waals surface area contributed by atoms with Gasteiger partial charge in [0.2, 0.25) is 5.91 Å². The van der Waals surface area contributed by atoms with Gasteiger partial charge in [0.25, 0.3) is 0 Å². The number of aryl methyl sites for hydroxylation is 1. The predicted molar refractivity (Wildman–Crippen MR) is 86.1 cm³/mol. The predicted octanol–water partition coefficient (Wildman–Crippen LogP) is 2.40. The molecule has 0 aliphatic rings. The van der Waals surface area contributed by atoms with Crippen molar-refractivity contribution in [2.24, 2.45) is 5.92 Å². The molecule has 2 atom stereocenters. The minimum absolute atomic E-state index is 0.0549. The summed E-state index contributed by atoms with van der Waals surface area (Å²) in [7, 11) is 0. The van der Waals surface area contributed by atoms with Gasteiger partial charge in [0, 0.05) is 24.3 Å². The van der Waals surface area contributed by atoms with E-state index in [0.29, 0.717) is 6.42 Å². The second kappa shape index (κ2) is 9.03. The van der Waals surface area contributed by atoms with Crippen molar-refractivity contribution in [2.45, 2.75) is 32.7 Å². The molecule has 3 nitrogen and oxygen atoms in total. The van der Waals surface area contributed by atoms with Gasteiger partial charge >= 0.3 is 0 Å². The Morgan fingerprint density at radius 2 is 2.00 bits per heavy atom. The smallest absolute Gasteiger partial charge is 0.223 e. The van der Waals surface area contributed by atoms with E-state index in [1.54, 1.807) is 11.8 Å². The summed E-state index contributed by atoms with van der Waals surface area (Å²) in [5.41, 5.74) is 2.41. The molecule has 20 heavy (non-hydrogen) atoms. The van der Waals surface area contributed by atoms with Gasteiger partial charge < -0.3 is 10.4 Å². The van der Waals surface area contributed by atoms with E-state index in [-0.39, 0.29) is 24.5 Å². The van der Waals surface area contributed by atoms with E-state index in [9.17, 15) is 4.79 Å². The lowest BCUT2D eigenvalue weighted by atomic mass is 9.99. The molecule has 1 aromatic rings. The van der Waals surface area contributed by atoms with Gasteiger partial charge in [0.05, 0.1) is 0 Å². The summed E-state index contributed by atoms with van der Waals surface area (Å²) in [6.45, 7) is 4.12. The highest BCUT2D eigenvalue weighted by Gasteiger charge is 2.17. The highest BCUT2D eigenvalue weighted by atomic mass is 32.2. The summed E-state index contributed by atoms with van der Waals surface area (Å²) in [5.74, 6) is 0.850. The quantitative estimate of drug-likeness (QED) is 0.774. The molecule has 1 rings (SSSR count). The van der Waals surface area contributed by atoms with Crippen molar-refractivity contribution in [1.29, 1.82) is 0 Å². The minimum atomic E-state index is -0.0549. The maximum atomic E-state index is 12.2. The molecule has 0 bridgehead atoms. The number of aliphatic hydroxyl groups is 1. The van der Waals surface area contributed by atoms with E-state index < -0.39 is 0 Å². The van der Waals surface area contributed by atoms with Crippen molar-refractivity contribution in [3.63, 3.8) is 0 Å². The van der Waals surface area contributed by atoms with Crippen LogP contribution in [-0.4, -0.2) is 35.7 Å². The molecule has 0 saturated heterocycles. The average Bonchev–Trinajstić information content (AvgIpc) is 2.42. The van der Waals surface area contributed by atoms with E-state index >= 15 is 0 Å². The molecule has 0 radical (unpaired) electrons. The Labute approximate surface area is 126 Å². The summed E-state index contributed by atoms with van der Waals surface area (Å²) in [4.78, 5) is 12.2. The van der Waals surface area contributed by atoms with Crippen molar-refractivity contribution in [3.8, 4) is 0 Å². The standard InChI is InChI=1S/C16H25NO2S/c1-12-4-6-14(7-5-12)10-13(2)16(19)17-15(8-9-18)11-20-3/h4-7,13,15,18H,8-11H2,1-3H3,(H,17,19). The van der Waals surface area contributed by atoms with Gasteiger partial charge in [0.15, 0.2) is 0 Å². The van der Waals surface area contributed by atoms with Crippen LogP contribution >= 0.6 is 11.8 Å². The van der Waals surface area contributed by atoms with E-state index in [2.05, 4.69) is 36.5 Å². The Balaban J connectivity index is 2.50. The van der Waals surface area contributed by atoms with E-state index in [0.717, 1.165) is 12.2 Å². The van der Waals surface area contributed by atoms with Crippen molar-refractivity contribution in [1.82, 2.24) is 5.32 Å². The van der Waals surface area contributed by atoms with Crippen LogP contribution in [0.2, 0.25) is 0 Å². The topological polar surface area (TPSA) is 49.3 Å². The zero-order valence-corrected chi connectivity index (χ0v) is 13.4. The zero-order chi connectivity index (χ0) is 15.0. The number of hydrogen-bond acceptors (Lipinski definition) is 3. The SMILES string of the molecule is CSCC(CCO)NC(=O)C(C)Cc1ccc(C)cc1. The summed E-state index contributed by atoms with van der Waals surface area (Å²) < 4.78 is 0. The largest absolute Gasteiger partial charge is 0.396 e. The number of carbonyl (C=O) groups is 1. The van der Waals surface area contributed by atoms with Gasteiger partial charge in [-0.05, 0) is 31.6 Å². The molecule has 0 aliphatic heterocycles. The lowest BCUT2D eigenvalue weighted by molar-refractivity contribution is -0.125. The van der Waals surface area contributed by atoms with Crippen LogP contribution in [0, 0.1) is 12.8 Å². The maximum absolute atomic E-state index is 12.2. The zero-order valence-electron chi connectivity index (χ0n) is 12.6. The number of amides is 1. The monoisotopic (exact) mass is 295 g/mol. The van der Waals surface area contributed by atoms with Crippen LogP contribution in [0.4, 0.5) is 0 Å². The molecule has 1 aromatic carbocycles. The second-order valence-electron chi connectivity index (χ2n) is 5.26. The van der Waals surface area contributed by atoms with E-state index in [1.165, 1.54) is 11.1 Å². The van der Waals surface area contributed by atoms with Crippen LogP contribution in [0.3, 0.4) is 0 Å². The molecule has 1 amide bonds. The summed E-state index contributed by atoms with van der Waals surface area (Å²) in [5, 5.41) is 12.0. The number of rotatable bonds is 8. The van der Waals surface area contributed by atoms with Crippen LogP contribution in [0.1, 0.15) is 24.5 Å². The fraction of sp³-hybridized carbons (Fsp3) is 0.562. The second-order valence-corrected chi connectivity index (χ2v) is 6.17.